The first-order valence-corrected chi connectivity index (χ1v) is 10.6. The summed E-state index contributed by atoms with van der Waals surface area (Å²) in [7, 11) is 0. The summed E-state index contributed by atoms with van der Waals surface area (Å²) in [6, 6.07) is 7.57. The minimum Gasteiger partial charge on any atom is -0.339 e. The van der Waals surface area contributed by atoms with Crippen molar-refractivity contribution in [3.05, 3.63) is 46.2 Å². The fourth-order valence-corrected chi connectivity index (χ4v) is 4.03. The molecule has 1 aliphatic rings. The molecule has 0 aliphatic carbocycles. The molecule has 0 N–H and O–H groups in total. The summed E-state index contributed by atoms with van der Waals surface area (Å²) in [6.07, 6.45) is 1.39. The Morgan fingerprint density at radius 1 is 1.10 bits per heavy atom. The predicted octanol–water partition coefficient (Wildman–Crippen LogP) is 3.59. The molecule has 0 bridgehead atoms. The van der Waals surface area contributed by atoms with Crippen LogP contribution in [0.1, 0.15) is 49.4 Å². The van der Waals surface area contributed by atoms with Gasteiger partial charge in [-0.3, -0.25) is 9.59 Å². The van der Waals surface area contributed by atoms with Gasteiger partial charge in [0.15, 0.2) is 0 Å². The van der Waals surface area contributed by atoms with Crippen molar-refractivity contribution in [1.29, 1.82) is 0 Å². The first-order valence-electron chi connectivity index (χ1n) is 10.2. The van der Waals surface area contributed by atoms with Crippen LogP contribution in [0.4, 0.5) is 0 Å². The Morgan fingerprint density at radius 2 is 1.72 bits per heavy atom. The molecule has 0 spiro atoms. The molecule has 2 aromatic rings. The summed E-state index contributed by atoms with van der Waals surface area (Å²) in [5.74, 6) is 0.424. The van der Waals surface area contributed by atoms with E-state index in [0.717, 1.165) is 23.5 Å². The standard InChI is InChI=1S/C22H29ClN4O2/c1-5-19-21(22(29)26-12-10-25(11-13-26)16(4)28)18(14-15(2)3)24-27(19)20-9-7-6-8-17(20)23/h6-9,15H,5,10-14H2,1-4H3. The molecule has 7 heteroatoms. The summed E-state index contributed by atoms with van der Waals surface area (Å²) in [5.41, 5.74) is 3.18. The molecule has 0 unspecified atom stereocenters. The van der Waals surface area contributed by atoms with E-state index in [0.29, 0.717) is 49.1 Å². The summed E-state index contributed by atoms with van der Waals surface area (Å²) in [4.78, 5) is 28.8. The molecule has 1 saturated heterocycles. The normalized spacial score (nSPS) is 14.6. The van der Waals surface area contributed by atoms with Crippen molar-refractivity contribution < 1.29 is 9.59 Å². The number of carbonyl (C=O) groups excluding carboxylic acids is 2. The highest BCUT2D eigenvalue weighted by atomic mass is 35.5. The minimum atomic E-state index is -0.000921. The van der Waals surface area contributed by atoms with E-state index in [1.807, 2.05) is 40.8 Å². The van der Waals surface area contributed by atoms with E-state index in [4.69, 9.17) is 16.7 Å². The lowest BCUT2D eigenvalue weighted by atomic mass is 10.0. The van der Waals surface area contributed by atoms with E-state index in [-0.39, 0.29) is 11.8 Å². The van der Waals surface area contributed by atoms with E-state index in [2.05, 4.69) is 13.8 Å². The lowest BCUT2D eigenvalue weighted by Crippen LogP contribution is -2.50. The number of halogens is 1. The zero-order valence-corrected chi connectivity index (χ0v) is 18.4. The largest absolute Gasteiger partial charge is 0.339 e. The fraction of sp³-hybridized carbons (Fsp3) is 0.500. The molecule has 0 saturated carbocycles. The molecule has 0 atom stereocenters. The maximum Gasteiger partial charge on any atom is 0.257 e. The van der Waals surface area contributed by atoms with Crippen LogP contribution < -0.4 is 0 Å². The molecule has 1 fully saturated rings. The second-order valence-corrected chi connectivity index (χ2v) is 8.29. The van der Waals surface area contributed by atoms with Gasteiger partial charge in [0.25, 0.3) is 5.91 Å². The molecule has 2 amide bonds. The monoisotopic (exact) mass is 416 g/mol. The molecule has 1 aliphatic heterocycles. The zero-order chi connectivity index (χ0) is 21.1. The van der Waals surface area contributed by atoms with Gasteiger partial charge >= 0.3 is 0 Å². The first kappa shape index (κ1) is 21.4. The van der Waals surface area contributed by atoms with Crippen molar-refractivity contribution in [1.82, 2.24) is 19.6 Å². The second kappa shape index (κ2) is 8.99. The van der Waals surface area contributed by atoms with Crippen LogP contribution in [-0.2, 0) is 17.6 Å². The van der Waals surface area contributed by atoms with E-state index in [1.54, 1.807) is 11.8 Å². The maximum atomic E-state index is 13.5. The quantitative estimate of drug-likeness (QED) is 0.748. The topological polar surface area (TPSA) is 58.4 Å². The number of para-hydroxylation sites is 1. The van der Waals surface area contributed by atoms with Gasteiger partial charge in [-0.25, -0.2) is 4.68 Å². The Labute approximate surface area is 177 Å². The van der Waals surface area contributed by atoms with Gasteiger partial charge < -0.3 is 9.80 Å². The molecule has 156 valence electrons. The predicted molar refractivity (Wildman–Crippen MR) is 115 cm³/mol. The number of piperazine rings is 1. The number of rotatable bonds is 5. The SMILES string of the molecule is CCc1c(C(=O)N2CCN(C(C)=O)CC2)c(CC(C)C)nn1-c1ccccc1Cl. The van der Waals surface area contributed by atoms with Crippen LogP contribution >= 0.6 is 11.6 Å². The smallest absolute Gasteiger partial charge is 0.257 e. The average molecular weight is 417 g/mol. The third-order valence-electron chi connectivity index (χ3n) is 5.30. The van der Waals surface area contributed by atoms with E-state index in [9.17, 15) is 9.59 Å². The van der Waals surface area contributed by atoms with Crippen LogP contribution in [-0.4, -0.2) is 57.6 Å². The van der Waals surface area contributed by atoms with Gasteiger partial charge in [-0.05, 0) is 30.9 Å². The van der Waals surface area contributed by atoms with Gasteiger partial charge in [-0.1, -0.05) is 44.5 Å². The second-order valence-electron chi connectivity index (χ2n) is 7.88. The van der Waals surface area contributed by atoms with E-state index < -0.39 is 0 Å². The van der Waals surface area contributed by atoms with Crippen molar-refractivity contribution in [2.24, 2.45) is 5.92 Å². The number of nitrogens with zero attached hydrogens (tertiary/aromatic N) is 4. The molecule has 2 heterocycles. The zero-order valence-electron chi connectivity index (χ0n) is 17.6. The molecule has 3 rings (SSSR count). The summed E-state index contributed by atoms with van der Waals surface area (Å²) in [6.45, 7) is 10.1. The van der Waals surface area contributed by atoms with Crippen LogP contribution in [0, 0.1) is 5.92 Å². The third kappa shape index (κ3) is 4.47. The number of aromatic nitrogens is 2. The maximum absolute atomic E-state index is 13.5. The Balaban J connectivity index is 2.01. The summed E-state index contributed by atoms with van der Waals surface area (Å²) >= 11 is 6.44. The van der Waals surface area contributed by atoms with Crippen LogP contribution in [0.15, 0.2) is 24.3 Å². The van der Waals surface area contributed by atoms with Crippen molar-refractivity contribution in [2.75, 3.05) is 26.2 Å². The fourth-order valence-electron chi connectivity index (χ4n) is 3.81. The van der Waals surface area contributed by atoms with Crippen LogP contribution in [0.5, 0.6) is 0 Å². The number of amides is 2. The van der Waals surface area contributed by atoms with Crippen molar-refractivity contribution in [3.8, 4) is 5.69 Å². The first-order chi connectivity index (χ1) is 13.8. The van der Waals surface area contributed by atoms with Crippen LogP contribution in [0.2, 0.25) is 5.02 Å². The third-order valence-corrected chi connectivity index (χ3v) is 5.62. The molecule has 29 heavy (non-hydrogen) atoms. The molecular formula is C22H29ClN4O2. The summed E-state index contributed by atoms with van der Waals surface area (Å²) in [5, 5.41) is 5.44. The van der Waals surface area contributed by atoms with E-state index >= 15 is 0 Å². The Kier molecular flexibility index (Phi) is 6.63. The van der Waals surface area contributed by atoms with Gasteiger partial charge in [0.1, 0.15) is 0 Å². The lowest BCUT2D eigenvalue weighted by Gasteiger charge is -2.34. The number of hydrogen-bond donors (Lipinski definition) is 0. The van der Waals surface area contributed by atoms with Crippen LogP contribution in [0.25, 0.3) is 5.69 Å². The minimum absolute atomic E-state index is 0.000921. The summed E-state index contributed by atoms with van der Waals surface area (Å²) < 4.78 is 1.83. The highest BCUT2D eigenvalue weighted by molar-refractivity contribution is 6.32. The Bertz CT molecular complexity index is 898. The Hall–Kier alpha value is -2.34. The molecular weight excluding hydrogens is 388 g/mol. The molecule has 0 radical (unpaired) electrons. The van der Waals surface area contributed by atoms with Crippen molar-refractivity contribution in [3.63, 3.8) is 0 Å². The van der Waals surface area contributed by atoms with Gasteiger partial charge in [0, 0.05) is 33.1 Å². The van der Waals surface area contributed by atoms with Gasteiger partial charge in [0.2, 0.25) is 5.91 Å². The van der Waals surface area contributed by atoms with Gasteiger partial charge in [-0.15, -0.1) is 0 Å². The number of carbonyl (C=O) groups is 2. The number of hydrogen-bond acceptors (Lipinski definition) is 3. The Morgan fingerprint density at radius 3 is 2.28 bits per heavy atom. The van der Waals surface area contributed by atoms with Gasteiger partial charge in [0.05, 0.1) is 27.7 Å². The van der Waals surface area contributed by atoms with E-state index in [1.165, 1.54) is 0 Å². The molecule has 6 nitrogen and oxygen atoms in total. The van der Waals surface area contributed by atoms with Crippen molar-refractivity contribution >= 4 is 23.4 Å². The van der Waals surface area contributed by atoms with Crippen LogP contribution in [0.3, 0.4) is 0 Å². The molecule has 1 aromatic carbocycles. The van der Waals surface area contributed by atoms with Crippen molar-refractivity contribution in [2.45, 2.75) is 40.5 Å². The van der Waals surface area contributed by atoms with Gasteiger partial charge in [-0.2, -0.15) is 5.10 Å². The molecule has 1 aromatic heterocycles. The highest BCUT2D eigenvalue weighted by Crippen LogP contribution is 2.27. The highest BCUT2D eigenvalue weighted by Gasteiger charge is 2.30. The average Bonchev–Trinajstić information content (AvgIpc) is 3.05. The lowest BCUT2D eigenvalue weighted by molar-refractivity contribution is -0.130. The number of benzene rings is 1.